The van der Waals surface area contributed by atoms with E-state index < -0.39 is 0 Å². The van der Waals surface area contributed by atoms with E-state index in [0.29, 0.717) is 13.0 Å². The van der Waals surface area contributed by atoms with E-state index in [1.807, 2.05) is 0 Å². The van der Waals surface area contributed by atoms with Crippen molar-refractivity contribution in [3.05, 3.63) is 0 Å². The van der Waals surface area contributed by atoms with E-state index in [1.165, 1.54) is 0 Å². The highest BCUT2D eigenvalue weighted by atomic mass is 16.2. The monoisotopic (exact) mass is 197 g/mol. The van der Waals surface area contributed by atoms with Gasteiger partial charge in [-0.1, -0.05) is 13.3 Å². The van der Waals surface area contributed by atoms with Crippen LogP contribution in [0.4, 0.5) is 4.79 Å². The Morgan fingerprint density at radius 2 is 1.86 bits per heavy atom. The number of amides is 2. The number of hydrogen-bond acceptors (Lipinski definition) is 2. The standard InChI is InChI=1S/C10H19N3O/c1-2-3-8-12-10(14)13-9-6-4-5-7-11/h2-6,8-9H2,1H3,(H2,12,13,14). The van der Waals surface area contributed by atoms with Gasteiger partial charge in [-0.2, -0.15) is 5.26 Å². The van der Waals surface area contributed by atoms with E-state index in [4.69, 9.17) is 5.26 Å². The molecule has 0 aliphatic heterocycles. The highest BCUT2D eigenvalue weighted by molar-refractivity contribution is 5.73. The van der Waals surface area contributed by atoms with Crippen LogP contribution < -0.4 is 10.6 Å². The van der Waals surface area contributed by atoms with Gasteiger partial charge >= 0.3 is 6.03 Å². The van der Waals surface area contributed by atoms with E-state index in [0.717, 1.165) is 32.2 Å². The molecule has 0 fully saturated rings. The third-order valence-corrected chi connectivity index (χ3v) is 1.82. The summed E-state index contributed by atoms with van der Waals surface area (Å²) in [6.07, 6.45) is 4.39. The van der Waals surface area contributed by atoms with Gasteiger partial charge < -0.3 is 10.6 Å². The Morgan fingerprint density at radius 1 is 1.21 bits per heavy atom. The number of carbonyl (C=O) groups is 1. The van der Waals surface area contributed by atoms with Crippen molar-refractivity contribution in [1.82, 2.24) is 10.6 Å². The molecule has 4 heteroatoms. The number of nitriles is 1. The maximum absolute atomic E-state index is 11.1. The summed E-state index contributed by atoms with van der Waals surface area (Å²) in [6, 6.07) is 1.97. The second-order valence-corrected chi connectivity index (χ2v) is 3.15. The van der Waals surface area contributed by atoms with Gasteiger partial charge in [0.1, 0.15) is 0 Å². The van der Waals surface area contributed by atoms with Crippen LogP contribution in [-0.2, 0) is 0 Å². The fourth-order valence-electron chi connectivity index (χ4n) is 0.972. The van der Waals surface area contributed by atoms with Gasteiger partial charge in [0, 0.05) is 19.5 Å². The predicted octanol–water partition coefficient (Wildman–Crippen LogP) is 1.78. The first-order chi connectivity index (χ1) is 6.81. The number of unbranched alkanes of at least 4 members (excludes halogenated alkanes) is 3. The van der Waals surface area contributed by atoms with Crippen LogP contribution >= 0.6 is 0 Å². The minimum absolute atomic E-state index is 0.101. The maximum atomic E-state index is 11.1. The number of hydrogen-bond donors (Lipinski definition) is 2. The first-order valence-corrected chi connectivity index (χ1v) is 5.20. The maximum Gasteiger partial charge on any atom is 0.314 e. The Hall–Kier alpha value is -1.24. The Kier molecular flexibility index (Phi) is 8.97. The van der Waals surface area contributed by atoms with Crippen LogP contribution in [0.1, 0.15) is 39.0 Å². The van der Waals surface area contributed by atoms with Crippen molar-refractivity contribution in [2.45, 2.75) is 39.0 Å². The van der Waals surface area contributed by atoms with Gasteiger partial charge in [0.25, 0.3) is 0 Å². The molecule has 0 aliphatic rings. The van der Waals surface area contributed by atoms with Crippen LogP contribution in [0.15, 0.2) is 0 Å². The summed E-state index contributed by atoms with van der Waals surface area (Å²) in [6.45, 7) is 3.47. The van der Waals surface area contributed by atoms with Crippen molar-refractivity contribution in [2.75, 3.05) is 13.1 Å². The quantitative estimate of drug-likeness (QED) is 0.611. The van der Waals surface area contributed by atoms with Gasteiger partial charge in [0.2, 0.25) is 0 Å². The van der Waals surface area contributed by atoms with E-state index in [1.54, 1.807) is 0 Å². The van der Waals surface area contributed by atoms with Crippen molar-refractivity contribution < 1.29 is 4.79 Å². The van der Waals surface area contributed by atoms with Gasteiger partial charge in [-0.3, -0.25) is 0 Å². The second kappa shape index (κ2) is 9.85. The SMILES string of the molecule is CCCCNC(=O)NCCCCC#N. The molecule has 14 heavy (non-hydrogen) atoms. The Bertz CT molecular complexity index is 186. The minimum Gasteiger partial charge on any atom is -0.338 e. The first kappa shape index (κ1) is 12.8. The molecule has 0 aromatic carbocycles. The molecule has 0 aromatic heterocycles. The van der Waals surface area contributed by atoms with Crippen LogP contribution in [0.3, 0.4) is 0 Å². The lowest BCUT2D eigenvalue weighted by atomic mass is 10.2. The molecule has 4 nitrogen and oxygen atoms in total. The Morgan fingerprint density at radius 3 is 2.43 bits per heavy atom. The van der Waals surface area contributed by atoms with E-state index in [-0.39, 0.29) is 6.03 Å². The van der Waals surface area contributed by atoms with Gasteiger partial charge in [-0.15, -0.1) is 0 Å². The molecule has 0 aromatic rings. The summed E-state index contributed by atoms with van der Waals surface area (Å²) in [5.41, 5.74) is 0. The molecule has 80 valence electrons. The van der Waals surface area contributed by atoms with Crippen molar-refractivity contribution in [1.29, 1.82) is 5.26 Å². The zero-order valence-corrected chi connectivity index (χ0v) is 8.81. The molecule has 0 spiro atoms. The zero-order chi connectivity index (χ0) is 10.6. The van der Waals surface area contributed by atoms with Gasteiger partial charge in [0.15, 0.2) is 0 Å². The molecule has 0 radical (unpaired) electrons. The topological polar surface area (TPSA) is 64.9 Å². The normalized spacial score (nSPS) is 9.14. The lowest BCUT2D eigenvalue weighted by Gasteiger charge is -2.05. The van der Waals surface area contributed by atoms with Crippen LogP contribution in [-0.4, -0.2) is 19.1 Å². The molecule has 2 N–H and O–H groups in total. The first-order valence-electron chi connectivity index (χ1n) is 5.20. The van der Waals surface area contributed by atoms with Crippen LogP contribution in [0.25, 0.3) is 0 Å². The van der Waals surface area contributed by atoms with E-state index in [9.17, 15) is 4.79 Å². The third kappa shape index (κ3) is 8.85. The molecule has 0 saturated heterocycles. The largest absolute Gasteiger partial charge is 0.338 e. The number of urea groups is 1. The third-order valence-electron chi connectivity index (χ3n) is 1.82. The van der Waals surface area contributed by atoms with E-state index in [2.05, 4.69) is 23.6 Å². The second-order valence-electron chi connectivity index (χ2n) is 3.15. The molecule has 0 atom stereocenters. The van der Waals surface area contributed by atoms with Crippen LogP contribution in [0, 0.1) is 11.3 Å². The molecular formula is C10H19N3O. The van der Waals surface area contributed by atoms with Crippen molar-refractivity contribution in [3.8, 4) is 6.07 Å². The summed E-state index contributed by atoms with van der Waals surface area (Å²) in [5.74, 6) is 0. The summed E-state index contributed by atoms with van der Waals surface area (Å²) in [5, 5.41) is 13.8. The molecule has 0 unspecified atom stereocenters. The molecule has 0 bridgehead atoms. The highest BCUT2D eigenvalue weighted by Gasteiger charge is 1.96. The number of nitrogens with one attached hydrogen (secondary N) is 2. The van der Waals surface area contributed by atoms with Gasteiger partial charge in [0.05, 0.1) is 6.07 Å². The number of rotatable bonds is 7. The summed E-state index contributed by atoms with van der Waals surface area (Å²) < 4.78 is 0. The lowest BCUT2D eigenvalue weighted by Crippen LogP contribution is -2.36. The fourth-order valence-corrected chi connectivity index (χ4v) is 0.972. The summed E-state index contributed by atoms with van der Waals surface area (Å²) in [4.78, 5) is 11.1. The fraction of sp³-hybridized carbons (Fsp3) is 0.800. The number of carbonyl (C=O) groups excluding carboxylic acids is 1. The van der Waals surface area contributed by atoms with E-state index >= 15 is 0 Å². The summed E-state index contributed by atoms with van der Waals surface area (Å²) in [7, 11) is 0. The average Bonchev–Trinajstić information content (AvgIpc) is 2.18. The van der Waals surface area contributed by atoms with Crippen molar-refractivity contribution in [2.24, 2.45) is 0 Å². The number of nitrogens with zero attached hydrogens (tertiary/aromatic N) is 1. The Balaban J connectivity index is 3.15. The van der Waals surface area contributed by atoms with Gasteiger partial charge in [-0.25, -0.2) is 4.79 Å². The van der Waals surface area contributed by atoms with Crippen LogP contribution in [0.2, 0.25) is 0 Å². The van der Waals surface area contributed by atoms with Gasteiger partial charge in [-0.05, 0) is 19.3 Å². The minimum atomic E-state index is -0.101. The summed E-state index contributed by atoms with van der Waals surface area (Å²) >= 11 is 0. The zero-order valence-electron chi connectivity index (χ0n) is 8.81. The molecule has 0 aliphatic carbocycles. The smallest absolute Gasteiger partial charge is 0.314 e. The highest BCUT2D eigenvalue weighted by Crippen LogP contribution is 1.91. The van der Waals surface area contributed by atoms with Crippen LogP contribution in [0.5, 0.6) is 0 Å². The van der Waals surface area contributed by atoms with Crippen molar-refractivity contribution in [3.63, 3.8) is 0 Å². The predicted molar refractivity (Wildman–Crippen MR) is 55.8 cm³/mol. The Labute approximate surface area is 85.7 Å². The lowest BCUT2D eigenvalue weighted by molar-refractivity contribution is 0.240. The molecular weight excluding hydrogens is 178 g/mol. The average molecular weight is 197 g/mol. The molecule has 2 amide bonds. The molecule has 0 saturated carbocycles. The molecule has 0 rings (SSSR count). The molecule has 0 heterocycles. The van der Waals surface area contributed by atoms with Crippen molar-refractivity contribution >= 4 is 6.03 Å².